The third kappa shape index (κ3) is 5.37. The maximum Gasteiger partial charge on any atom is 0.471 e. The van der Waals surface area contributed by atoms with Crippen LogP contribution in [0, 0.1) is 0 Å². The predicted octanol–water partition coefficient (Wildman–Crippen LogP) is 3.46. The SMILES string of the molecule is CC(C)(C)OC(=O)N1CC[C@@H](NC(=O)C(F)(F)F)[C@H](c2ccccc2)C1. The summed E-state index contributed by atoms with van der Waals surface area (Å²) in [6, 6.07) is 8.16. The minimum Gasteiger partial charge on any atom is -0.444 e. The summed E-state index contributed by atoms with van der Waals surface area (Å²) in [7, 11) is 0. The Morgan fingerprint density at radius 2 is 1.77 bits per heavy atom. The number of ether oxygens (including phenoxy) is 1. The van der Waals surface area contributed by atoms with Crippen molar-refractivity contribution in [2.45, 2.75) is 50.9 Å². The first-order chi connectivity index (χ1) is 12.0. The van der Waals surface area contributed by atoms with E-state index < -0.39 is 35.7 Å². The van der Waals surface area contributed by atoms with Gasteiger partial charge in [-0.3, -0.25) is 4.79 Å². The summed E-state index contributed by atoms with van der Waals surface area (Å²) in [5.74, 6) is -2.42. The molecule has 144 valence electrons. The van der Waals surface area contributed by atoms with Crippen LogP contribution in [-0.2, 0) is 9.53 Å². The summed E-state index contributed by atoms with van der Waals surface area (Å²) in [6.07, 6.45) is -5.25. The van der Waals surface area contributed by atoms with Gasteiger partial charge in [0.25, 0.3) is 0 Å². The summed E-state index contributed by atoms with van der Waals surface area (Å²) in [5.41, 5.74) is 0.0916. The van der Waals surface area contributed by atoms with E-state index in [4.69, 9.17) is 4.74 Å². The van der Waals surface area contributed by atoms with Gasteiger partial charge in [0.15, 0.2) is 0 Å². The van der Waals surface area contributed by atoms with Crippen molar-refractivity contribution in [3.8, 4) is 0 Å². The summed E-state index contributed by atoms with van der Waals surface area (Å²) >= 11 is 0. The maximum atomic E-state index is 12.6. The van der Waals surface area contributed by atoms with Crippen LogP contribution in [0.25, 0.3) is 0 Å². The molecule has 1 aliphatic heterocycles. The molecule has 8 heteroatoms. The van der Waals surface area contributed by atoms with E-state index in [0.29, 0.717) is 0 Å². The summed E-state index contributed by atoms with van der Waals surface area (Å²) in [4.78, 5) is 25.2. The molecule has 0 bridgehead atoms. The van der Waals surface area contributed by atoms with Crippen LogP contribution < -0.4 is 5.32 Å². The van der Waals surface area contributed by atoms with E-state index in [1.54, 1.807) is 51.1 Å². The van der Waals surface area contributed by atoms with Crippen molar-refractivity contribution in [3.05, 3.63) is 35.9 Å². The van der Waals surface area contributed by atoms with E-state index in [2.05, 4.69) is 5.32 Å². The minimum absolute atomic E-state index is 0.168. The molecule has 0 aliphatic carbocycles. The van der Waals surface area contributed by atoms with E-state index in [0.717, 1.165) is 5.56 Å². The Labute approximate surface area is 150 Å². The highest BCUT2D eigenvalue weighted by atomic mass is 19.4. The van der Waals surface area contributed by atoms with Gasteiger partial charge in [0.1, 0.15) is 5.60 Å². The number of halogens is 3. The zero-order valence-corrected chi connectivity index (χ0v) is 15.0. The molecule has 0 unspecified atom stereocenters. The van der Waals surface area contributed by atoms with Gasteiger partial charge in [-0.15, -0.1) is 0 Å². The molecule has 1 saturated heterocycles. The number of piperidine rings is 1. The molecular weight excluding hydrogens is 349 g/mol. The van der Waals surface area contributed by atoms with Crippen molar-refractivity contribution < 1.29 is 27.5 Å². The van der Waals surface area contributed by atoms with Gasteiger partial charge in [-0.05, 0) is 32.8 Å². The number of nitrogens with zero attached hydrogens (tertiary/aromatic N) is 1. The van der Waals surface area contributed by atoms with Gasteiger partial charge in [-0.2, -0.15) is 13.2 Å². The third-order valence-electron chi connectivity index (χ3n) is 4.07. The number of likely N-dealkylation sites (tertiary alicyclic amines) is 1. The molecule has 1 N–H and O–H groups in total. The number of amides is 2. The van der Waals surface area contributed by atoms with E-state index in [1.807, 2.05) is 0 Å². The summed E-state index contributed by atoms with van der Waals surface area (Å²) in [5, 5.41) is 2.07. The fraction of sp³-hybridized carbons (Fsp3) is 0.556. The normalized spacial score (nSPS) is 21.2. The standard InChI is InChI=1S/C18H23F3N2O3/c1-17(2,3)26-16(25)23-10-9-14(22-15(24)18(19,20)21)13(11-23)12-7-5-4-6-8-12/h4-8,13-14H,9-11H2,1-3H3,(H,22,24)/t13-,14+/m0/s1. The monoisotopic (exact) mass is 372 g/mol. The highest BCUT2D eigenvalue weighted by molar-refractivity contribution is 5.82. The van der Waals surface area contributed by atoms with E-state index >= 15 is 0 Å². The molecule has 2 amide bonds. The topological polar surface area (TPSA) is 58.6 Å². The first-order valence-corrected chi connectivity index (χ1v) is 8.38. The number of carbonyl (C=O) groups excluding carboxylic acids is 2. The van der Waals surface area contributed by atoms with Gasteiger partial charge in [-0.25, -0.2) is 4.79 Å². The van der Waals surface area contributed by atoms with Crippen molar-refractivity contribution in [1.82, 2.24) is 10.2 Å². The molecule has 2 rings (SSSR count). The molecule has 0 saturated carbocycles. The van der Waals surface area contributed by atoms with Crippen LogP contribution in [0.15, 0.2) is 30.3 Å². The molecule has 26 heavy (non-hydrogen) atoms. The van der Waals surface area contributed by atoms with Gasteiger partial charge in [0.05, 0.1) is 0 Å². The van der Waals surface area contributed by atoms with Crippen molar-refractivity contribution in [1.29, 1.82) is 0 Å². The van der Waals surface area contributed by atoms with E-state index in [9.17, 15) is 22.8 Å². The number of alkyl halides is 3. The number of rotatable bonds is 2. The average Bonchev–Trinajstić information content (AvgIpc) is 2.53. The van der Waals surface area contributed by atoms with Gasteiger partial charge < -0.3 is 15.0 Å². The van der Waals surface area contributed by atoms with E-state index in [1.165, 1.54) is 4.90 Å². The lowest BCUT2D eigenvalue weighted by molar-refractivity contribution is -0.174. The lowest BCUT2D eigenvalue weighted by Crippen LogP contribution is -2.54. The summed E-state index contributed by atoms with van der Waals surface area (Å²) in [6.45, 7) is 5.62. The lowest BCUT2D eigenvalue weighted by atomic mass is 9.86. The number of hydrogen-bond acceptors (Lipinski definition) is 3. The molecule has 1 aromatic carbocycles. The molecule has 1 aliphatic rings. The zero-order valence-electron chi connectivity index (χ0n) is 15.0. The van der Waals surface area contributed by atoms with Crippen molar-refractivity contribution >= 4 is 12.0 Å². The van der Waals surface area contributed by atoms with Crippen molar-refractivity contribution in [2.24, 2.45) is 0 Å². The smallest absolute Gasteiger partial charge is 0.444 e. The molecule has 2 atom stereocenters. The number of carbonyl (C=O) groups is 2. The molecule has 0 aromatic heterocycles. The highest BCUT2D eigenvalue weighted by Crippen LogP contribution is 2.29. The lowest BCUT2D eigenvalue weighted by Gasteiger charge is -2.39. The Kier molecular flexibility index (Phi) is 5.83. The number of hydrogen-bond donors (Lipinski definition) is 1. The van der Waals surface area contributed by atoms with Crippen LogP contribution in [-0.4, -0.2) is 47.8 Å². The van der Waals surface area contributed by atoms with Crippen molar-refractivity contribution in [2.75, 3.05) is 13.1 Å². The second-order valence-electron chi connectivity index (χ2n) is 7.31. The van der Waals surface area contributed by atoms with Gasteiger partial charge in [-0.1, -0.05) is 30.3 Å². The van der Waals surface area contributed by atoms with Gasteiger partial charge in [0, 0.05) is 25.0 Å². The molecule has 5 nitrogen and oxygen atoms in total. The minimum atomic E-state index is -4.94. The van der Waals surface area contributed by atoms with Crippen LogP contribution in [0.3, 0.4) is 0 Å². The Morgan fingerprint density at radius 1 is 1.15 bits per heavy atom. The predicted molar refractivity (Wildman–Crippen MR) is 89.6 cm³/mol. The first kappa shape index (κ1) is 20.1. The Bertz CT molecular complexity index is 641. The fourth-order valence-corrected chi connectivity index (χ4v) is 2.91. The van der Waals surface area contributed by atoms with Crippen LogP contribution >= 0.6 is 0 Å². The van der Waals surface area contributed by atoms with Crippen molar-refractivity contribution in [3.63, 3.8) is 0 Å². The second kappa shape index (κ2) is 7.55. The fourth-order valence-electron chi connectivity index (χ4n) is 2.91. The Morgan fingerprint density at radius 3 is 2.31 bits per heavy atom. The highest BCUT2D eigenvalue weighted by Gasteiger charge is 2.42. The van der Waals surface area contributed by atoms with Crippen LogP contribution in [0.4, 0.5) is 18.0 Å². The van der Waals surface area contributed by atoms with Gasteiger partial charge in [0.2, 0.25) is 0 Å². The van der Waals surface area contributed by atoms with Crippen LogP contribution in [0.2, 0.25) is 0 Å². The Hall–Kier alpha value is -2.25. The quantitative estimate of drug-likeness (QED) is 0.865. The molecular formula is C18H23F3N2O3. The number of benzene rings is 1. The molecule has 1 fully saturated rings. The van der Waals surface area contributed by atoms with Gasteiger partial charge >= 0.3 is 18.2 Å². The third-order valence-corrected chi connectivity index (χ3v) is 4.07. The zero-order chi connectivity index (χ0) is 19.5. The summed E-state index contributed by atoms with van der Waals surface area (Å²) < 4.78 is 43.2. The molecule has 0 spiro atoms. The van der Waals surface area contributed by atoms with E-state index in [-0.39, 0.29) is 19.5 Å². The van der Waals surface area contributed by atoms with Crippen LogP contribution in [0.5, 0.6) is 0 Å². The average molecular weight is 372 g/mol. The maximum absolute atomic E-state index is 12.6. The number of nitrogens with one attached hydrogen (secondary N) is 1. The molecule has 0 radical (unpaired) electrons. The first-order valence-electron chi connectivity index (χ1n) is 8.38. The Balaban J connectivity index is 2.18. The second-order valence-corrected chi connectivity index (χ2v) is 7.31. The van der Waals surface area contributed by atoms with Crippen LogP contribution in [0.1, 0.15) is 38.7 Å². The molecule has 1 heterocycles. The largest absolute Gasteiger partial charge is 0.471 e. The molecule has 1 aromatic rings.